The molecule has 0 bridgehead atoms. The summed E-state index contributed by atoms with van der Waals surface area (Å²) in [5.74, 6) is 0.272. The van der Waals surface area contributed by atoms with Gasteiger partial charge in [-0.25, -0.2) is 9.97 Å². The van der Waals surface area contributed by atoms with E-state index in [9.17, 15) is 9.59 Å². The summed E-state index contributed by atoms with van der Waals surface area (Å²) in [5, 5.41) is 2.59. The van der Waals surface area contributed by atoms with Crippen molar-refractivity contribution in [2.24, 2.45) is 5.73 Å². The Balaban J connectivity index is 1.57. The molecule has 1 amide bonds. The van der Waals surface area contributed by atoms with Crippen LogP contribution >= 0.6 is 0 Å². The number of nitrogens with one attached hydrogen (secondary N) is 2. The molecule has 0 atom stereocenters. The Morgan fingerprint density at radius 1 is 1.41 bits per heavy atom. The fourth-order valence-corrected chi connectivity index (χ4v) is 3.32. The number of nitrogens with two attached hydrogens (primary N) is 1. The van der Waals surface area contributed by atoms with Crippen LogP contribution in [0.25, 0.3) is 6.08 Å². The minimum Gasteiger partial charge on any atom is -0.401 e. The van der Waals surface area contributed by atoms with E-state index in [0.29, 0.717) is 35.4 Å². The maximum atomic E-state index is 11.7. The Morgan fingerprint density at radius 3 is 2.76 bits per heavy atom. The highest BCUT2D eigenvalue weighted by molar-refractivity contribution is 5.92. The van der Waals surface area contributed by atoms with Crippen molar-refractivity contribution in [1.29, 1.82) is 0 Å². The Hall–Kier alpha value is -3.20. The molecule has 3 rings (SSSR count). The number of aromatic amines is 1. The minimum atomic E-state index is -0.191. The highest BCUT2D eigenvalue weighted by Crippen LogP contribution is 2.24. The van der Waals surface area contributed by atoms with E-state index in [1.165, 1.54) is 0 Å². The SMILES string of the molecule is CNC(=O)c1ccc(N(C)C2CN(C/C(N)=C/c3ncc(C)c(=O)[nH]3)C2)c(C)n1. The molecule has 0 aromatic carbocycles. The molecule has 0 saturated carbocycles. The zero-order valence-corrected chi connectivity index (χ0v) is 17.2. The van der Waals surface area contributed by atoms with Crippen LogP contribution in [0.4, 0.5) is 5.69 Å². The van der Waals surface area contributed by atoms with Crippen LogP contribution in [0.15, 0.2) is 28.8 Å². The van der Waals surface area contributed by atoms with Gasteiger partial charge in [0.1, 0.15) is 11.5 Å². The van der Waals surface area contributed by atoms with Gasteiger partial charge in [-0.05, 0) is 26.0 Å². The van der Waals surface area contributed by atoms with Crippen LogP contribution in [0.5, 0.6) is 0 Å². The summed E-state index contributed by atoms with van der Waals surface area (Å²) in [5.41, 5.74) is 9.42. The monoisotopic (exact) mass is 397 g/mol. The lowest BCUT2D eigenvalue weighted by Crippen LogP contribution is -2.59. The Morgan fingerprint density at radius 2 is 2.14 bits per heavy atom. The van der Waals surface area contributed by atoms with E-state index in [4.69, 9.17) is 5.73 Å². The fourth-order valence-electron chi connectivity index (χ4n) is 3.32. The smallest absolute Gasteiger partial charge is 0.269 e. The highest BCUT2D eigenvalue weighted by Gasteiger charge is 2.31. The van der Waals surface area contributed by atoms with E-state index in [1.807, 2.05) is 20.0 Å². The van der Waals surface area contributed by atoms with Crippen molar-refractivity contribution in [3.05, 3.63) is 57.2 Å². The van der Waals surface area contributed by atoms with Crippen molar-refractivity contribution in [1.82, 2.24) is 25.2 Å². The molecule has 9 nitrogen and oxygen atoms in total. The summed E-state index contributed by atoms with van der Waals surface area (Å²) in [7, 11) is 3.63. The number of amides is 1. The normalized spacial score (nSPS) is 15.1. The quantitative estimate of drug-likeness (QED) is 0.639. The van der Waals surface area contributed by atoms with E-state index < -0.39 is 0 Å². The first-order valence-corrected chi connectivity index (χ1v) is 9.45. The average Bonchev–Trinajstić information content (AvgIpc) is 2.66. The van der Waals surface area contributed by atoms with Gasteiger partial charge >= 0.3 is 0 Å². The molecular weight excluding hydrogens is 370 g/mol. The van der Waals surface area contributed by atoms with Crippen molar-refractivity contribution in [3.63, 3.8) is 0 Å². The van der Waals surface area contributed by atoms with E-state index >= 15 is 0 Å². The number of anilines is 1. The van der Waals surface area contributed by atoms with Crippen LogP contribution in [-0.4, -0.2) is 65.5 Å². The Kier molecular flexibility index (Phi) is 5.97. The van der Waals surface area contributed by atoms with Gasteiger partial charge < -0.3 is 20.9 Å². The summed E-state index contributed by atoms with van der Waals surface area (Å²) >= 11 is 0. The average molecular weight is 397 g/mol. The van der Waals surface area contributed by atoms with Gasteiger partial charge in [-0.15, -0.1) is 0 Å². The Bertz CT molecular complexity index is 993. The summed E-state index contributed by atoms with van der Waals surface area (Å²) in [6, 6.07) is 4.01. The number of aryl methyl sites for hydroxylation is 2. The second kappa shape index (κ2) is 8.44. The third kappa shape index (κ3) is 4.62. The Labute approximate surface area is 169 Å². The van der Waals surface area contributed by atoms with Gasteiger partial charge in [0.2, 0.25) is 0 Å². The van der Waals surface area contributed by atoms with Crippen LogP contribution in [0, 0.1) is 13.8 Å². The van der Waals surface area contributed by atoms with Crippen molar-refractivity contribution < 1.29 is 4.79 Å². The van der Waals surface area contributed by atoms with Gasteiger partial charge in [-0.3, -0.25) is 14.5 Å². The summed E-state index contributed by atoms with van der Waals surface area (Å²) in [6.07, 6.45) is 3.24. The van der Waals surface area contributed by atoms with Gasteiger partial charge in [-0.2, -0.15) is 0 Å². The van der Waals surface area contributed by atoms with Crippen molar-refractivity contribution in [3.8, 4) is 0 Å². The first-order valence-electron chi connectivity index (χ1n) is 9.45. The van der Waals surface area contributed by atoms with Crippen molar-refractivity contribution in [2.45, 2.75) is 19.9 Å². The molecule has 29 heavy (non-hydrogen) atoms. The number of likely N-dealkylation sites (tertiary alicyclic amines) is 1. The van der Waals surface area contributed by atoms with Crippen LogP contribution in [0.1, 0.15) is 27.6 Å². The van der Waals surface area contributed by atoms with Crippen LogP contribution in [-0.2, 0) is 0 Å². The molecule has 0 spiro atoms. The van der Waals surface area contributed by atoms with Crippen LogP contribution in [0.3, 0.4) is 0 Å². The van der Waals surface area contributed by atoms with Gasteiger partial charge in [-0.1, -0.05) is 0 Å². The third-order valence-electron chi connectivity index (χ3n) is 5.11. The predicted octanol–water partition coefficient (Wildman–Crippen LogP) is 0.262. The zero-order chi connectivity index (χ0) is 21.1. The zero-order valence-electron chi connectivity index (χ0n) is 17.2. The highest BCUT2D eigenvalue weighted by atomic mass is 16.1. The number of rotatable bonds is 6. The molecule has 4 N–H and O–H groups in total. The molecule has 2 aromatic heterocycles. The number of aromatic nitrogens is 3. The summed E-state index contributed by atoms with van der Waals surface area (Å²) < 4.78 is 0. The van der Waals surface area contributed by atoms with Gasteiger partial charge in [0.15, 0.2) is 0 Å². The number of hydrogen-bond donors (Lipinski definition) is 3. The van der Waals surface area contributed by atoms with Gasteiger partial charge in [0.25, 0.3) is 11.5 Å². The van der Waals surface area contributed by atoms with Crippen LogP contribution in [0.2, 0.25) is 0 Å². The largest absolute Gasteiger partial charge is 0.401 e. The first kappa shape index (κ1) is 20.5. The molecular formula is C20H27N7O2. The maximum Gasteiger partial charge on any atom is 0.269 e. The molecule has 1 aliphatic rings. The third-order valence-corrected chi connectivity index (χ3v) is 5.11. The number of H-pyrrole nitrogens is 1. The summed E-state index contributed by atoms with van der Waals surface area (Å²) in [6.45, 7) is 5.95. The molecule has 1 fully saturated rings. The van der Waals surface area contributed by atoms with Crippen molar-refractivity contribution >= 4 is 17.7 Å². The number of likely N-dealkylation sites (N-methyl/N-ethyl adjacent to an activating group) is 1. The molecule has 2 aromatic rings. The summed E-state index contributed by atoms with van der Waals surface area (Å²) in [4.78, 5) is 39.1. The number of pyridine rings is 1. The number of carbonyl (C=O) groups excluding carboxylic acids is 1. The minimum absolute atomic E-state index is 0.156. The fraction of sp³-hybridized carbons (Fsp3) is 0.400. The van der Waals surface area contributed by atoms with E-state index in [-0.39, 0.29) is 11.5 Å². The molecule has 154 valence electrons. The molecule has 0 aliphatic carbocycles. The second-order valence-electron chi connectivity index (χ2n) is 7.34. The van der Waals surface area contributed by atoms with Gasteiger partial charge in [0, 0.05) is 57.3 Å². The molecule has 0 unspecified atom stereocenters. The molecule has 3 heterocycles. The lowest BCUT2D eigenvalue weighted by molar-refractivity contribution is 0.0958. The van der Waals surface area contributed by atoms with E-state index in [2.05, 4.69) is 30.1 Å². The predicted molar refractivity (Wildman–Crippen MR) is 113 cm³/mol. The lowest BCUT2D eigenvalue weighted by atomic mass is 10.1. The molecule has 9 heteroatoms. The number of hydrogen-bond acceptors (Lipinski definition) is 7. The standard InChI is InChI=1S/C20H27N7O2/c1-12-8-23-18(25-19(12)28)7-14(21)9-27-10-15(11-27)26(4)17-6-5-16(20(29)22-3)24-13(17)2/h5-8,15H,9-11,21H2,1-4H3,(H,22,29)(H,23,25,28)/b14-7-. The second-order valence-corrected chi connectivity index (χ2v) is 7.34. The number of nitrogens with zero attached hydrogens (tertiary/aromatic N) is 4. The topological polar surface area (TPSA) is 120 Å². The van der Waals surface area contributed by atoms with E-state index in [0.717, 1.165) is 24.5 Å². The number of carbonyl (C=O) groups is 1. The first-order chi connectivity index (χ1) is 13.8. The van der Waals surface area contributed by atoms with Crippen molar-refractivity contribution in [2.75, 3.05) is 38.6 Å². The van der Waals surface area contributed by atoms with E-state index in [1.54, 1.807) is 32.3 Å². The molecule has 0 radical (unpaired) electrons. The van der Waals surface area contributed by atoms with Crippen LogP contribution < -0.4 is 21.5 Å². The molecule has 1 aliphatic heterocycles. The molecule has 1 saturated heterocycles. The van der Waals surface area contributed by atoms with Gasteiger partial charge in [0.05, 0.1) is 17.4 Å². The lowest BCUT2D eigenvalue weighted by Gasteiger charge is -2.45. The maximum absolute atomic E-state index is 11.7.